The van der Waals surface area contributed by atoms with Crippen LogP contribution < -0.4 is 10.9 Å². The number of hydrogen-bond acceptors (Lipinski definition) is 5. The van der Waals surface area contributed by atoms with Crippen LogP contribution in [0.15, 0.2) is 15.5 Å². The molecule has 0 fully saturated rings. The van der Waals surface area contributed by atoms with Gasteiger partial charge in [0.2, 0.25) is 0 Å². The third kappa shape index (κ3) is 3.52. The summed E-state index contributed by atoms with van der Waals surface area (Å²) in [6, 6.07) is -0.0177. The van der Waals surface area contributed by atoms with Gasteiger partial charge in [0.15, 0.2) is 0 Å². The van der Waals surface area contributed by atoms with Crippen molar-refractivity contribution >= 4 is 21.6 Å². The largest absolute Gasteiger partial charge is 0.394 e. The Hall–Kier alpha value is -0.920. The summed E-state index contributed by atoms with van der Waals surface area (Å²) in [7, 11) is 0. The highest BCUT2D eigenvalue weighted by atomic mass is 79.9. The number of nitrogens with zero attached hydrogens (tertiary/aromatic N) is 2. The molecule has 17 heavy (non-hydrogen) atoms. The second kappa shape index (κ2) is 6.13. The number of hydrogen-bond donors (Lipinski definition) is 3. The number of aromatic nitrogens is 2. The number of aliphatic hydroxyl groups excluding tert-OH is 2. The first-order chi connectivity index (χ1) is 7.97. The van der Waals surface area contributed by atoms with Crippen LogP contribution in [0.4, 0.5) is 5.69 Å². The lowest BCUT2D eigenvalue weighted by molar-refractivity contribution is 0.105. The molecule has 0 saturated carbocycles. The van der Waals surface area contributed by atoms with E-state index in [1.54, 1.807) is 0 Å². The maximum Gasteiger partial charge on any atom is 0.283 e. The molecule has 1 heterocycles. The predicted octanol–water partition coefficient (Wildman–Crippen LogP) is 0.352. The van der Waals surface area contributed by atoms with Gasteiger partial charge in [0.05, 0.1) is 30.6 Å². The van der Waals surface area contributed by atoms with Gasteiger partial charge in [0.1, 0.15) is 4.47 Å². The molecule has 1 aromatic rings. The highest BCUT2D eigenvalue weighted by molar-refractivity contribution is 9.10. The second-order valence-corrected chi connectivity index (χ2v) is 4.73. The van der Waals surface area contributed by atoms with E-state index in [1.165, 1.54) is 10.9 Å². The van der Waals surface area contributed by atoms with Gasteiger partial charge < -0.3 is 15.5 Å². The first-order valence-corrected chi connectivity index (χ1v) is 6.06. The summed E-state index contributed by atoms with van der Waals surface area (Å²) < 4.78 is 1.73. The molecular weight excluding hydrogens is 290 g/mol. The third-order valence-corrected chi connectivity index (χ3v) is 2.94. The average Bonchev–Trinajstić information content (AvgIpc) is 2.30. The summed E-state index contributed by atoms with van der Waals surface area (Å²) in [5.74, 6) is 0. The quantitative estimate of drug-likeness (QED) is 0.731. The summed E-state index contributed by atoms with van der Waals surface area (Å²) in [6.07, 6.45) is 0.643. The molecule has 0 aliphatic heterocycles. The monoisotopic (exact) mass is 305 g/mol. The van der Waals surface area contributed by atoms with Crippen molar-refractivity contribution in [1.29, 1.82) is 0 Å². The maximum absolute atomic E-state index is 11.8. The van der Waals surface area contributed by atoms with Crippen LogP contribution >= 0.6 is 15.9 Å². The lowest BCUT2D eigenvalue weighted by atomic mass is 10.3. The lowest BCUT2D eigenvalue weighted by Gasteiger charge is -2.13. The van der Waals surface area contributed by atoms with Crippen LogP contribution in [-0.2, 0) is 0 Å². The zero-order valence-corrected chi connectivity index (χ0v) is 11.3. The summed E-state index contributed by atoms with van der Waals surface area (Å²) in [6.45, 7) is 3.55. The van der Waals surface area contributed by atoms with Gasteiger partial charge in [-0.1, -0.05) is 0 Å². The smallest absolute Gasteiger partial charge is 0.283 e. The molecule has 0 amide bonds. The standard InChI is InChI=1S/C10H16BrN3O3/c1-6(2)14-10(17)9(11)8(4-13-14)12-3-7(16)5-15/h4,6-7,12,15-16H,3,5H2,1-2H3. The van der Waals surface area contributed by atoms with Gasteiger partial charge >= 0.3 is 0 Å². The minimum atomic E-state index is -0.866. The molecule has 7 heteroatoms. The highest BCUT2D eigenvalue weighted by Gasteiger charge is 2.11. The number of rotatable bonds is 5. The van der Waals surface area contributed by atoms with Crippen LogP contribution in [-0.4, -0.2) is 39.2 Å². The van der Waals surface area contributed by atoms with Crippen molar-refractivity contribution in [3.05, 3.63) is 21.0 Å². The van der Waals surface area contributed by atoms with Gasteiger partial charge in [-0.15, -0.1) is 0 Å². The van der Waals surface area contributed by atoms with Gasteiger partial charge in [-0.3, -0.25) is 4.79 Å². The molecule has 1 aromatic heterocycles. The van der Waals surface area contributed by atoms with Crippen LogP contribution in [0.1, 0.15) is 19.9 Å². The van der Waals surface area contributed by atoms with Crippen molar-refractivity contribution in [3.8, 4) is 0 Å². The normalized spacial score (nSPS) is 12.8. The van der Waals surface area contributed by atoms with Crippen molar-refractivity contribution < 1.29 is 10.2 Å². The lowest BCUT2D eigenvalue weighted by Crippen LogP contribution is -2.28. The predicted molar refractivity (Wildman–Crippen MR) is 68.2 cm³/mol. The molecule has 1 rings (SSSR count). The van der Waals surface area contributed by atoms with Gasteiger partial charge in [0.25, 0.3) is 5.56 Å². The molecule has 0 radical (unpaired) electrons. The van der Waals surface area contributed by atoms with Crippen molar-refractivity contribution in [2.24, 2.45) is 0 Å². The molecule has 6 nitrogen and oxygen atoms in total. The van der Waals surface area contributed by atoms with Gasteiger partial charge in [0, 0.05) is 6.54 Å². The number of aliphatic hydroxyl groups is 2. The summed E-state index contributed by atoms with van der Waals surface area (Å²) >= 11 is 3.19. The van der Waals surface area contributed by atoms with E-state index in [4.69, 9.17) is 5.11 Å². The average molecular weight is 306 g/mol. The van der Waals surface area contributed by atoms with Crippen LogP contribution in [0.5, 0.6) is 0 Å². The third-order valence-electron chi connectivity index (χ3n) is 2.17. The second-order valence-electron chi connectivity index (χ2n) is 3.93. The fourth-order valence-electron chi connectivity index (χ4n) is 1.23. The van der Waals surface area contributed by atoms with Crippen molar-refractivity contribution in [2.75, 3.05) is 18.5 Å². The zero-order valence-electron chi connectivity index (χ0n) is 9.72. The Morgan fingerprint density at radius 3 is 2.76 bits per heavy atom. The topological polar surface area (TPSA) is 87.4 Å². The van der Waals surface area contributed by atoms with E-state index < -0.39 is 6.10 Å². The Kier molecular flexibility index (Phi) is 5.10. The molecule has 0 bridgehead atoms. The summed E-state index contributed by atoms with van der Waals surface area (Å²) in [5, 5.41) is 24.7. The fourth-order valence-corrected chi connectivity index (χ4v) is 1.65. The van der Waals surface area contributed by atoms with Gasteiger partial charge in [-0.25, -0.2) is 4.68 Å². The Labute approximate surface area is 107 Å². The molecule has 0 aliphatic rings. The molecule has 0 saturated heterocycles. The van der Waals surface area contributed by atoms with Gasteiger partial charge in [-0.2, -0.15) is 5.10 Å². The van der Waals surface area contributed by atoms with Crippen molar-refractivity contribution in [1.82, 2.24) is 9.78 Å². The first-order valence-electron chi connectivity index (χ1n) is 5.27. The molecule has 0 aliphatic carbocycles. The van der Waals surface area contributed by atoms with E-state index in [1.807, 2.05) is 13.8 Å². The Morgan fingerprint density at radius 2 is 2.24 bits per heavy atom. The van der Waals surface area contributed by atoms with E-state index in [-0.39, 0.29) is 24.8 Å². The molecule has 1 atom stereocenters. The van der Waals surface area contributed by atoms with Crippen LogP contribution in [0.3, 0.4) is 0 Å². The Bertz CT molecular complexity index is 433. The zero-order chi connectivity index (χ0) is 13.0. The van der Waals surface area contributed by atoms with Crippen molar-refractivity contribution in [3.63, 3.8) is 0 Å². The SMILES string of the molecule is CC(C)n1ncc(NCC(O)CO)c(Br)c1=O. The van der Waals surface area contributed by atoms with E-state index in [0.29, 0.717) is 10.2 Å². The minimum Gasteiger partial charge on any atom is -0.394 e. The number of halogens is 1. The Morgan fingerprint density at radius 1 is 1.59 bits per heavy atom. The highest BCUT2D eigenvalue weighted by Crippen LogP contribution is 2.16. The maximum atomic E-state index is 11.8. The summed E-state index contributed by atoms with van der Waals surface area (Å²) in [4.78, 5) is 11.8. The molecule has 96 valence electrons. The van der Waals surface area contributed by atoms with Crippen LogP contribution in [0.25, 0.3) is 0 Å². The van der Waals surface area contributed by atoms with Crippen LogP contribution in [0.2, 0.25) is 0 Å². The molecule has 0 aromatic carbocycles. The van der Waals surface area contributed by atoms with E-state index in [9.17, 15) is 9.90 Å². The summed E-state index contributed by atoms with van der Waals surface area (Å²) in [5.41, 5.74) is 0.267. The van der Waals surface area contributed by atoms with Crippen LogP contribution in [0, 0.1) is 0 Å². The molecule has 0 spiro atoms. The first kappa shape index (κ1) is 14.1. The van der Waals surface area contributed by atoms with E-state index >= 15 is 0 Å². The van der Waals surface area contributed by atoms with Crippen molar-refractivity contribution in [2.45, 2.75) is 26.0 Å². The minimum absolute atomic E-state index is 0.0177. The molecular formula is C10H16BrN3O3. The molecule has 1 unspecified atom stereocenters. The fraction of sp³-hybridized carbons (Fsp3) is 0.600. The van der Waals surface area contributed by atoms with E-state index in [2.05, 4.69) is 26.3 Å². The number of nitrogens with one attached hydrogen (secondary N) is 1. The molecule has 3 N–H and O–H groups in total. The number of anilines is 1. The van der Waals surface area contributed by atoms with E-state index in [0.717, 1.165) is 0 Å². The van der Waals surface area contributed by atoms with Gasteiger partial charge in [-0.05, 0) is 29.8 Å². The Balaban J connectivity index is 2.90.